The first-order valence-electron chi connectivity index (χ1n) is 6.40. The molecular formula is C15H15NO3S. The molecule has 0 unspecified atom stereocenters. The standard InChI is InChI=1S/C15H15NO3S/c1-9-3-6-14(20-9)10(2)16-15(17)11-4-5-12-13(7-11)19-8-18-12/h3-7,10H,8H2,1-2H3,(H,16,17)/t10-/m1/s1. The van der Waals surface area contributed by atoms with Gasteiger partial charge in [0.25, 0.3) is 5.91 Å². The summed E-state index contributed by atoms with van der Waals surface area (Å²) in [6, 6.07) is 9.32. The number of aryl methyl sites for hydroxylation is 1. The van der Waals surface area contributed by atoms with Crippen molar-refractivity contribution in [1.82, 2.24) is 5.32 Å². The molecule has 0 saturated carbocycles. The minimum Gasteiger partial charge on any atom is -0.454 e. The number of thiophene rings is 1. The van der Waals surface area contributed by atoms with Crippen LogP contribution in [0.2, 0.25) is 0 Å². The monoisotopic (exact) mass is 289 g/mol. The van der Waals surface area contributed by atoms with Crippen LogP contribution in [-0.4, -0.2) is 12.7 Å². The molecule has 0 spiro atoms. The van der Waals surface area contributed by atoms with E-state index in [0.29, 0.717) is 17.1 Å². The second-order valence-corrected chi connectivity index (χ2v) is 6.03. The van der Waals surface area contributed by atoms with Crippen LogP contribution < -0.4 is 14.8 Å². The molecule has 0 saturated heterocycles. The third-order valence-corrected chi connectivity index (χ3v) is 4.35. The molecule has 1 N–H and O–H groups in total. The zero-order chi connectivity index (χ0) is 14.1. The van der Waals surface area contributed by atoms with E-state index in [2.05, 4.69) is 18.3 Å². The van der Waals surface area contributed by atoms with Gasteiger partial charge in [-0.15, -0.1) is 11.3 Å². The number of carbonyl (C=O) groups excluding carboxylic acids is 1. The predicted molar refractivity (Wildman–Crippen MR) is 77.5 cm³/mol. The van der Waals surface area contributed by atoms with Gasteiger partial charge in [-0.05, 0) is 44.2 Å². The second-order valence-electron chi connectivity index (χ2n) is 4.71. The van der Waals surface area contributed by atoms with Gasteiger partial charge in [-0.2, -0.15) is 0 Å². The second kappa shape index (κ2) is 5.17. The quantitative estimate of drug-likeness (QED) is 0.943. The first kappa shape index (κ1) is 13.0. The average Bonchev–Trinajstić information content (AvgIpc) is 3.05. The summed E-state index contributed by atoms with van der Waals surface area (Å²) in [5, 5.41) is 2.99. The molecule has 1 aliphatic heterocycles. The maximum absolute atomic E-state index is 12.2. The average molecular weight is 289 g/mol. The van der Waals surface area contributed by atoms with Crippen LogP contribution in [0.5, 0.6) is 11.5 Å². The van der Waals surface area contributed by atoms with Crippen molar-refractivity contribution in [2.45, 2.75) is 19.9 Å². The van der Waals surface area contributed by atoms with E-state index in [0.717, 1.165) is 4.88 Å². The van der Waals surface area contributed by atoms with Gasteiger partial charge in [0.2, 0.25) is 6.79 Å². The summed E-state index contributed by atoms with van der Waals surface area (Å²) in [5.41, 5.74) is 0.578. The molecule has 1 aromatic heterocycles. The van der Waals surface area contributed by atoms with Crippen LogP contribution in [0.4, 0.5) is 0 Å². The number of hydrogen-bond donors (Lipinski definition) is 1. The SMILES string of the molecule is Cc1ccc([C@@H](C)NC(=O)c2ccc3c(c2)OCO3)s1. The van der Waals surface area contributed by atoms with Gasteiger partial charge >= 0.3 is 0 Å². The van der Waals surface area contributed by atoms with Gasteiger partial charge in [0.05, 0.1) is 6.04 Å². The van der Waals surface area contributed by atoms with Crippen LogP contribution in [0.1, 0.15) is 33.1 Å². The van der Waals surface area contributed by atoms with E-state index >= 15 is 0 Å². The molecule has 2 heterocycles. The fourth-order valence-electron chi connectivity index (χ4n) is 2.08. The lowest BCUT2D eigenvalue weighted by Crippen LogP contribution is -2.26. The third-order valence-electron chi connectivity index (χ3n) is 3.17. The van der Waals surface area contributed by atoms with E-state index < -0.39 is 0 Å². The lowest BCUT2D eigenvalue weighted by Gasteiger charge is -2.12. The Labute approximate surface area is 121 Å². The number of hydrogen-bond acceptors (Lipinski definition) is 4. The molecule has 3 rings (SSSR count). The fourth-order valence-corrected chi connectivity index (χ4v) is 2.95. The van der Waals surface area contributed by atoms with E-state index in [1.165, 1.54) is 4.88 Å². The minimum atomic E-state index is -0.109. The number of fused-ring (bicyclic) bond motifs is 1. The van der Waals surface area contributed by atoms with Gasteiger partial charge in [0.15, 0.2) is 11.5 Å². The number of nitrogens with one attached hydrogen (secondary N) is 1. The molecule has 4 nitrogen and oxygen atoms in total. The van der Waals surface area contributed by atoms with E-state index in [1.807, 2.05) is 13.0 Å². The molecule has 1 aromatic carbocycles. The van der Waals surface area contributed by atoms with Gasteiger partial charge in [-0.3, -0.25) is 4.79 Å². The van der Waals surface area contributed by atoms with E-state index in [1.54, 1.807) is 29.5 Å². The molecular weight excluding hydrogens is 274 g/mol. The molecule has 2 aromatic rings. The maximum Gasteiger partial charge on any atom is 0.251 e. The van der Waals surface area contributed by atoms with Crippen LogP contribution in [0.3, 0.4) is 0 Å². The molecule has 0 fully saturated rings. The predicted octanol–water partition coefficient (Wildman–Crippen LogP) is 3.28. The number of amides is 1. The zero-order valence-corrected chi connectivity index (χ0v) is 12.1. The summed E-state index contributed by atoms with van der Waals surface area (Å²) in [5.74, 6) is 1.20. The van der Waals surface area contributed by atoms with Gasteiger partial charge in [-0.1, -0.05) is 0 Å². The van der Waals surface area contributed by atoms with Crippen LogP contribution in [0.25, 0.3) is 0 Å². The Morgan fingerprint density at radius 3 is 2.80 bits per heavy atom. The first-order valence-corrected chi connectivity index (χ1v) is 7.22. The van der Waals surface area contributed by atoms with Crippen molar-refractivity contribution in [3.63, 3.8) is 0 Å². The molecule has 0 bridgehead atoms. The van der Waals surface area contributed by atoms with E-state index in [4.69, 9.17) is 9.47 Å². The molecule has 1 atom stereocenters. The normalized spacial score (nSPS) is 14.1. The molecule has 0 aliphatic carbocycles. The summed E-state index contributed by atoms with van der Waals surface area (Å²) in [6.07, 6.45) is 0. The number of ether oxygens (including phenoxy) is 2. The highest BCUT2D eigenvalue weighted by Gasteiger charge is 2.18. The Kier molecular flexibility index (Phi) is 3.36. The Bertz CT molecular complexity index is 650. The van der Waals surface area contributed by atoms with Gasteiger partial charge in [0.1, 0.15) is 0 Å². The summed E-state index contributed by atoms with van der Waals surface area (Å²) in [7, 11) is 0. The van der Waals surface area contributed by atoms with Crippen molar-refractivity contribution < 1.29 is 14.3 Å². The zero-order valence-electron chi connectivity index (χ0n) is 11.3. The van der Waals surface area contributed by atoms with Crippen LogP contribution in [-0.2, 0) is 0 Å². The van der Waals surface area contributed by atoms with Gasteiger partial charge in [-0.25, -0.2) is 0 Å². The Balaban J connectivity index is 1.73. The summed E-state index contributed by atoms with van der Waals surface area (Å²) < 4.78 is 10.5. The Morgan fingerprint density at radius 1 is 1.25 bits per heavy atom. The van der Waals surface area contributed by atoms with Crippen LogP contribution >= 0.6 is 11.3 Å². The van der Waals surface area contributed by atoms with Crippen molar-refractivity contribution in [2.75, 3.05) is 6.79 Å². The Morgan fingerprint density at radius 2 is 2.05 bits per heavy atom. The molecule has 104 valence electrons. The highest BCUT2D eigenvalue weighted by Crippen LogP contribution is 2.32. The lowest BCUT2D eigenvalue weighted by atomic mass is 10.1. The van der Waals surface area contributed by atoms with Crippen molar-refractivity contribution in [1.29, 1.82) is 0 Å². The highest BCUT2D eigenvalue weighted by atomic mass is 32.1. The maximum atomic E-state index is 12.2. The van der Waals surface area contributed by atoms with Crippen molar-refractivity contribution in [2.24, 2.45) is 0 Å². The topological polar surface area (TPSA) is 47.6 Å². The molecule has 1 aliphatic rings. The van der Waals surface area contributed by atoms with Crippen LogP contribution in [0, 0.1) is 6.92 Å². The molecule has 20 heavy (non-hydrogen) atoms. The van der Waals surface area contributed by atoms with E-state index in [9.17, 15) is 4.79 Å². The highest BCUT2D eigenvalue weighted by molar-refractivity contribution is 7.12. The largest absolute Gasteiger partial charge is 0.454 e. The minimum absolute atomic E-state index is 0.00776. The number of rotatable bonds is 3. The number of benzene rings is 1. The number of carbonyl (C=O) groups is 1. The van der Waals surface area contributed by atoms with Gasteiger partial charge in [0, 0.05) is 15.3 Å². The van der Waals surface area contributed by atoms with Crippen LogP contribution in [0.15, 0.2) is 30.3 Å². The third kappa shape index (κ3) is 2.49. The molecule has 1 amide bonds. The summed E-state index contributed by atoms with van der Waals surface area (Å²) in [6.45, 7) is 4.25. The van der Waals surface area contributed by atoms with Gasteiger partial charge < -0.3 is 14.8 Å². The lowest BCUT2D eigenvalue weighted by molar-refractivity contribution is 0.0940. The fraction of sp³-hybridized carbons (Fsp3) is 0.267. The van der Waals surface area contributed by atoms with Crippen molar-refractivity contribution in [3.05, 3.63) is 45.6 Å². The van der Waals surface area contributed by atoms with Crippen molar-refractivity contribution >= 4 is 17.2 Å². The smallest absolute Gasteiger partial charge is 0.251 e. The molecule has 5 heteroatoms. The summed E-state index contributed by atoms with van der Waals surface area (Å²) >= 11 is 1.69. The van der Waals surface area contributed by atoms with E-state index in [-0.39, 0.29) is 18.7 Å². The Hall–Kier alpha value is -2.01. The summed E-state index contributed by atoms with van der Waals surface area (Å²) in [4.78, 5) is 14.6. The molecule has 0 radical (unpaired) electrons. The first-order chi connectivity index (χ1) is 9.63. The van der Waals surface area contributed by atoms with Crippen molar-refractivity contribution in [3.8, 4) is 11.5 Å².